The van der Waals surface area contributed by atoms with Crippen molar-refractivity contribution in [3.63, 3.8) is 0 Å². The van der Waals surface area contributed by atoms with E-state index < -0.39 is 0 Å². The van der Waals surface area contributed by atoms with Crippen molar-refractivity contribution in [3.05, 3.63) is 111 Å². The van der Waals surface area contributed by atoms with Gasteiger partial charge in [0.25, 0.3) is 0 Å². The normalized spacial score (nSPS) is 14.0. The van der Waals surface area contributed by atoms with Crippen LogP contribution >= 0.6 is 0 Å². The minimum Gasteiger partial charge on any atom is -0.465 e. The fourth-order valence-electron chi connectivity index (χ4n) is 6.79. The second-order valence-electron chi connectivity index (χ2n) is 12.1. The summed E-state index contributed by atoms with van der Waals surface area (Å²) in [4.78, 5) is 29.0. The molecule has 0 atom stereocenters. The number of hydrogen-bond donors (Lipinski definition) is 0. The van der Waals surface area contributed by atoms with E-state index >= 15 is 0 Å². The molecule has 2 aliphatic rings. The molecule has 3 heterocycles. The molecule has 5 aromatic rings. The number of aromatic nitrogens is 5. The second kappa shape index (κ2) is 12.7. The lowest BCUT2D eigenvalue weighted by Crippen LogP contribution is -2.10. The highest BCUT2D eigenvalue weighted by atomic mass is 16.5. The van der Waals surface area contributed by atoms with Gasteiger partial charge in [0, 0.05) is 22.5 Å². The number of fused-ring (bicyclic) bond motifs is 2. The molecule has 0 N–H and O–H groups in total. The third kappa shape index (κ3) is 5.73. The monoisotopic (exact) mass is 615 g/mol. The van der Waals surface area contributed by atoms with Gasteiger partial charge in [0.15, 0.2) is 0 Å². The van der Waals surface area contributed by atoms with Gasteiger partial charge in [-0.05, 0) is 98.9 Å². The average Bonchev–Trinajstić information content (AvgIpc) is 3.67. The van der Waals surface area contributed by atoms with Crippen LogP contribution in [0.15, 0.2) is 66.7 Å². The molecule has 46 heavy (non-hydrogen) atoms. The molecule has 7 rings (SSSR count). The minimum absolute atomic E-state index is 0.336. The Labute approximate surface area is 268 Å². The molecule has 2 aliphatic carbocycles. The second-order valence-corrected chi connectivity index (χ2v) is 12.1. The average molecular weight is 616 g/mol. The molecule has 0 bridgehead atoms. The van der Waals surface area contributed by atoms with Crippen molar-refractivity contribution in [2.75, 3.05) is 14.2 Å². The summed E-state index contributed by atoms with van der Waals surface area (Å²) in [5.74, 6) is -0.673. The molecule has 0 aliphatic heterocycles. The molecule has 9 nitrogen and oxygen atoms in total. The first kappa shape index (κ1) is 29.6. The Bertz CT molecular complexity index is 1770. The molecule has 3 aromatic heterocycles. The first-order chi connectivity index (χ1) is 22.5. The SMILES string of the molecule is COC(=O)c1ccc(Cn2nc(-c3cccc(-c4nn(Cc5ccc(C(=O)OC)cc5)c5c4CCCC5)n3)c3c2CCCC3)cc1. The molecule has 0 spiro atoms. The molecule has 0 amide bonds. The van der Waals surface area contributed by atoms with Gasteiger partial charge in [0.05, 0.1) is 49.8 Å². The molecule has 2 aromatic carbocycles. The summed E-state index contributed by atoms with van der Waals surface area (Å²) in [6.45, 7) is 1.25. The largest absolute Gasteiger partial charge is 0.465 e. The number of benzene rings is 2. The van der Waals surface area contributed by atoms with E-state index in [1.807, 2.05) is 24.3 Å². The predicted molar refractivity (Wildman–Crippen MR) is 174 cm³/mol. The van der Waals surface area contributed by atoms with Crippen LogP contribution in [-0.4, -0.2) is 50.7 Å². The fraction of sp³-hybridized carbons (Fsp3) is 0.324. The van der Waals surface area contributed by atoms with Crippen molar-refractivity contribution in [1.29, 1.82) is 0 Å². The molecule has 9 heteroatoms. The topological polar surface area (TPSA) is 101 Å². The summed E-state index contributed by atoms with van der Waals surface area (Å²) in [6, 6.07) is 21.3. The number of nitrogens with zero attached hydrogens (tertiary/aromatic N) is 5. The summed E-state index contributed by atoms with van der Waals surface area (Å²) in [6.07, 6.45) is 8.49. The highest BCUT2D eigenvalue weighted by molar-refractivity contribution is 5.89. The summed E-state index contributed by atoms with van der Waals surface area (Å²) in [5.41, 5.74) is 12.0. The Balaban J connectivity index is 1.20. The van der Waals surface area contributed by atoms with E-state index in [-0.39, 0.29) is 11.9 Å². The molecule has 234 valence electrons. The number of rotatable bonds is 8. The van der Waals surface area contributed by atoms with Crippen LogP contribution in [0.1, 0.15) is 80.0 Å². The van der Waals surface area contributed by atoms with Gasteiger partial charge in [-0.3, -0.25) is 9.36 Å². The summed E-state index contributed by atoms with van der Waals surface area (Å²) >= 11 is 0. The number of pyridine rings is 1. The van der Waals surface area contributed by atoms with E-state index in [1.54, 1.807) is 24.3 Å². The lowest BCUT2D eigenvalue weighted by molar-refractivity contribution is 0.0592. The van der Waals surface area contributed by atoms with Crippen molar-refractivity contribution in [2.24, 2.45) is 0 Å². The van der Waals surface area contributed by atoms with Gasteiger partial charge >= 0.3 is 11.9 Å². The molecule has 0 radical (unpaired) electrons. The highest BCUT2D eigenvalue weighted by Gasteiger charge is 2.26. The van der Waals surface area contributed by atoms with Crippen LogP contribution in [0.5, 0.6) is 0 Å². The summed E-state index contributed by atoms with van der Waals surface area (Å²) < 4.78 is 13.9. The third-order valence-electron chi connectivity index (χ3n) is 9.16. The van der Waals surface area contributed by atoms with Crippen LogP contribution in [-0.2, 0) is 48.2 Å². The van der Waals surface area contributed by atoms with Gasteiger partial charge in [-0.2, -0.15) is 10.2 Å². The first-order valence-electron chi connectivity index (χ1n) is 16.0. The maximum Gasteiger partial charge on any atom is 0.337 e. The highest BCUT2D eigenvalue weighted by Crippen LogP contribution is 2.34. The van der Waals surface area contributed by atoms with E-state index in [4.69, 9.17) is 24.7 Å². The lowest BCUT2D eigenvalue weighted by Gasteiger charge is -2.15. The van der Waals surface area contributed by atoms with Crippen LogP contribution in [0.25, 0.3) is 22.8 Å². The van der Waals surface area contributed by atoms with Crippen molar-refractivity contribution < 1.29 is 19.1 Å². The van der Waals surface area contributed by atoms with Crippen molar-refractivity contribution >= 4 is 11.9 Å². The van der Waals surface area contributed by atoms with Gasteiger partial charge in [0.2, 0.25) is 0 Å². The molecular formula is C37H37N5O4. The maximum atomic E-state index is 11.9. The zero-order chi connectivity index (χ0) is 31.6. The Morgan fingerprint density at radius 3 is 1.43 bits per heavy atom. The van der Waals surface area contributed by atoms with Gasteiger partial charge in [-0.15, -0.1) is 0 Å². The van der Waals surface area contributed by atoms with E-state index in [0.29, 0.717) is 24.2 Å². The Morgan fingerprint density at radius 2 is 1.02 bits per heavy atom. The van der Waals surface area contributed by atoms with Crippen LogP contribution < -0.4 is 0 Å². The van der Waals surface area contributed by atoms with Crippen LogP contribution in [0.4, 0.5) is 0 Å². The number of carbonyl (C=O) groups excluding carboxylic acids is 2. The lowest BCUT2D eigenvalue weighted by atomic mass is 9.93. The summed E-state index contributed by atoms with van der Waals surface area (Å²) in [7, 11) is 2.79. The molecule has 0 fully saturated rings. The van der Waals surface area contributed by atoms with Gasteiger partial charge in [0.1, 0.15) is 11.4 Å². The predicted octanol–water partition coefficient (Wildman–Crippen LogP) is 6.24. The minimum atomic E-state index is -0.336. The van der Waals surface area contributed by atoms with E-state index in [2.05, 4.69) is 27.6 Å². The number of esters is 2. The van der Waals surface area contributed by atoms with E-state index in [9.17, 15) is 9.59 Å². The molecule has 0 saturated heterocycles. The molecule has 0 unspecified atom stereocenters. The number of carbonyl (C=O) groups is 2. The number of hydrogen-bond acceptors (Lipinski definition) is 7. The van der Waals surface area contributed by atoms with Gasteiger partial charge < -0.3 is 9.47 Å². The van der Waals surface area contributed by atoms with Crippen LogP contribution in [0.3, 0.4) is 0 Å². The standard InChI is InChI=1S/C37H37N5O4/c1-45-36(43)26-18-14-24(15-19-26)22-41-32-12-5-3-8-28(32)34(39-41)30-10-7-11-31(38-30)35-29-9-4-6-13-33(29)42(40-35)23-25-16-20-27(21-17-25)37(44)46-2/h7,10-11,14-21H,3-6,8-9,12-13,22-23H2,1-2H3. The van der Waals surface area contributed by atoms with Gasteiger partial charge in [-0.25, -0.2) is 14.6 Å². The quantitative estimate of drug-likeness (QED) is 0.191. The molecular weight excluding hydrogens is 578 g/mol. The van der Waals surface area contributed by atoms with E-state index in [1.165, 1.54) is 36.7 Å². The Morgan fingerprint density at radius 1 is 0.609 bits per heavy atom. The summed E-state index contributed by atoms with van der Waals surface area (Å²) in [5, 5.41) is 10.3. The zero-order valence-electron chi connectivity index (χ0n) is 26.3. The van der Waals surface area contributed by atoms with Crippen LogP contribution in [0, 0.1) is 0 Å². The number of methoxy groups -OCH3 is 2. The zero-order valence-corrected chi connectivity index (χ0v) is 26.3. The Hall–Kier alpha value is -5.05. The first-order valence-corrected chi connectivity index (χ1v) is 16.0. The maximum absolute atomic E-state index is 11.9. The van der Waals surface area contributed by atoms with E-state index in [0.717, 1.165) is 85.3 Å². The fourth-order valence-corrected chi connectivity index (χ4v) is 6.79. The van der Waals surface area contributed by atoms with Gasteiger partial charge in [-0.1, -0.05) is 30.3 Å². The van der Waals surface area contributed by atoms with Crippen molar-refractivity contribution in [1.82, 2.24) is 24.5 Å². The third-order valence-corrected chi connectivity index (χ3v) is 9.16. The number of ether oxygens (including phenoxy) is 2. The molecule has 0 saturated carbocycles. The van der Waals surface area contributed by atoms with Crippen LogP contribution in [0.2, 0.25) is 0 Å². The van der Waals surface area contributed by atoms with Crippen molar-refractivity contribution in [2.45, 2.75) is 64.5 Å². The Kier molecular flexibility index (Phi) is 8.22. The van der Waals surface area contributed by atoms with Crippen molar-refractivity contribution in [3.8, 4) is 22.8 Å². The smallest absolute Gasteiger partial charge is 0.337 e.